The van der Waals surface area contributed by atoms with Crippen molar-refractivity contribution in [3.05, 3.63) is 0 Å². The summed E-state index contributed by atoms with van der Waals surface area (Å²) in [6.45, 7) is 22.1. The fraction of sp³-hybridized carbons (Fsp3) is 1.00. The third kappa shape index (κ3) is 8.59. The van der Waals surface area contributed by atoms with Crippen LogP contribution in [0.15, 0.2) is 0 Å². The van der Waals surface area contributed by atoms with Gasteiger partial charge in [-0.3, -0.25) is 0 Å². The molecule has 116 valence electrons. The number of hydrogen-bond acceptors (Lipinski definition) is 3. The second-order valence-electron chi connectivity index (χ2n) is 7.33. The fourth-order valence-corrected chi connectivity index (χ4v) is 19.7. The summed E-state index contributed by atoms with van der Waals surface area (Å²) < 4.78 is 19.2. The molecule has 0 unspecified atom stereocenters. The van der Waals surface area contributed by atoms with E-state index in [0.29, 0.717) is 0 Å². The van der Waals surface area contributed by atoms with Crippen LogP contribution < -0.4 is 0 Å². The van der Waals surface area contributed by atoms with Crippen molar-refractivity contribution >= 4 is 33.8 Å². The number of hydrogen-bond donors (Lipinski definition) is 0. The van der Waals surface area contributed by atoms with Crippen molar-refractivity contribution < 1.29 is 12.3 Å². The second kappa shape index (κ2) is 6.67. The quantitative estimate of drug-likeness (QED) is 0.590. The van der Waals surface area contributed by atoms with E-state index in [9.17, 15) is 0 Å². The summed E-state index contributed by atoms with van der Waals surface area (Å²) in [7, 11) is -7.30. The van der Waals surface area contributed by atoms with Gasteiger partial charge < -0.3 is 12.3 Å². The normalized spacial score (nSPS) is 14.8. The molecule has 0 saturated heterocycles. The minimum Gasteiger partial charge on any atom is -0.436 e. The molecule has 0 rings (SSSR count). The summed E-state index contributed by atoms with van der Waals surface area (Å²) >= 11 is 0. The zero-order valence-corrected chi connectivity index (χ0v) is 18.6. The van der Waals surface area contributed by atoms with Gasteiger partial charge in [0.05, 0.1) is 0 Å². The summed E-state index contributed by atoms with van der Waals surface area (Å²) in [6, 6.07) is 2.26. The van der Waals surface area contributed by atoms with Gasteiger partial charge in [-0.05, 0) is 64.5 Å². The Morgan fingerprint density at radius 2 is 0.789 bits per heavy atom. The first-order valence-electron chi connectivity index (χ1n) is 7.35. The molecule has 7 heteroatoms. The molecule has 0 aromatic carbocycles. The molecule has 0 spiro atoms. The van der Waals surface area contributed by atoms with Crippen molar-refractivity contribution in [2.45, 2.75) is 78.3 Å². The van der Waals surface area contributed by atoms with Crippen LogP contribution in [0.25, 0.3) is 0 Å². The lowest BCUT2D eigenvalue weighted by molar-refractivity contribution is 0.328. The molecule has 0 N–H and O–H groups in total. The molecule has 0 aliphatic rings. The van der Waals surface area contributed by atoms with Crippen LogP contribution in [0.1, 0.15) is 13.8 Å². The van der Waals surface area contributed by atoms with Gasteiger partial charge in [-0.2, -0.15) is 0 Å². The molecule has 0 atom stereocenters. The summed E-state index contributed by atoms with van der Waals surface area (Å²) in [4.78, 5) is 0. The van der Waals surface area contributed by atoms with Crippen LogP contribution in [-0.4, -0.2) is 33.8 Å². The lowest BCUT2D eigenvalue weighted by Crippen LogP contribution is -2.56. The van der Waals surface area contributed by atoms with Gasteiger partial charge in [0.2, 0.25) is 0 Å². The smallest absolute Gasteiger partial charge is 0.312 e. The largest absolute Gasteiger partial charge is 0.436 e. The predicted molar refractivity (Wildman–Crippen MR) is 94.1 cm³/mol. The standard InChI is InChI=1S/C12H34O3Si4/c1-11-16(3,4)13-18(7,8)15-19(9,10)14-17(5,6)12-2/h11-12H2,1-10H3. The van der Waals surface area contributed by atoms with Gasteiger partial charge in [-0.1, -0.05) is 13.8 Å². The lowest BCUT2D eigenvalue weighted by atomic mass is 11.0. The van der Waals surface area contributed by atoms with Crippen molar-refractivity contribution in [2.24, 2.45) is 0 Å². The first-order valence-corrected chi connectivity index (χ1v) is 19.2. The lowest BCUT2D eigenvalue weighted by Gasteiger charge is -2.40. The Morgan fingerprint density at radius 3 is 1.00 bits per heavy atom. The molecular formula is C12H34O3Si4. The van der Waals surface area contributed by atoms with Gasteiger partial charge in [-0.15, -0.1) is 0 Å². The van der Waals surface area contributed by atoms with Crippen LogP contribution in [0.4, 0.5) is 0 Å². The predicted octanol–water partition coefficient (Wildman–Crippen LogP) is 4.89. The SMILES string of the molecule is CC[Si](C)(C)O[Si](C)(C)O[Si](C)(C)O[Si](C)(C)CC. The average Bonchev–Trinajstić information content (AvgIpc) is 2.12. The van der Waals surface area contributed by atoms with Gasteiger partial charge >= 0.3 is 17.1 Å². The van der Waals surface area contributed by atoms with Crippen LogP contribution in [0.5, 0.6) is 0 Å². The summed E-state index contributed by atoms with van der Waals surface area (Å²) in [6.07, 6.45) is 0. The second-order valence-corrected chi connectivity index (χ2v) is 23.8. The van der Waals surface area contributed by atoms with Crippen LogP contribution in [0.2, 0.25) is 64.5 Å². The third-order valence-electron chi connectivity index (χ3n) is 3.24. The molecule has 19 heavy (non-hydrogen) atoms. The van der Waals surface area contributed by atoms with Crippen molar-refractivity contribution in [3.8, 4) is 0 Å². The maximum atomic E-state index is 6.40. The van der Waals surface area contributed by atoms with Crippen molar-refractivity contribution in [1.82, 2.24) is 0 Å². The molecule has 0 radical (unpaired) electrons. The van der Waals surface area contributed by atoms with Gasteiger partial charge in [0.25, 0.3) is 0 Å². The zero-order chi connectivity index (χ0) is 15.5. The van der Waals surface area contributed by atoms with E-state index in [1.54, 1.807) is 0 Å². The van der Waals surface area contributed by atoms with Crippen molar-refractivity contribution in [1.29, 1.82) is 0 Å². The maximum absolute atomic E-state index is 6.40. The zero-order valence-electron chi connectivity index (χ0n) is 14.6. The Hall–Kier alpha value is 0.748. The van der Waals surface area contributed by atoms with Crippen LogP contribution >= 0.6 is 0 Å². The number of rotatable bonds is 8. The molecule has 0 aromatic heterocycles. The van der Waals surface area contributed by atoms with Crippen LogP contribution in [-0.2, 0) is 12.3 Å². The highest BCUT2D eigenvalue weighted by Crippen LogP contribution is 2.25. The molecule has 0 bridgehead atoms. The highest BCUT2D eigenvalue weighted by Gasteiger charge is 2.42. The van der Waals surface area contributed by atoms with E-state index >= 15 is 0 Å². The Balaban J connectivity index is 4.72. The van der Waals surface area contributed by atoms with Gasteiger partial charge in [0, 0.05) is 0 Å². The van der Waals surface area contributed by atoms with E-state index in [1.165, 1.54) is 0 Å². The highest BCUT2D eigenvalue weighted by atomic mass is 28.5. The minimum absolute atomic E-state index is 1.13. The molecule has 3 nitrogen and oxygen atoms in total. The van der Waals surface area contributed by atoms with E-state index < -0.39 is 33.8 Å². The van der Waals surface area contributed by atoms with Crippen molar-refractivity contribution in [2.75, 3.05) is 0 Å². The van der Waals surface area contributed by atoms with Crippen LogP contribution in [0.3, 0.4) is 0 Å². The molecule has 0 aliphatic heterocycles. The van der Waals surface area contributed by atoms with Gasteiger partial charge in [0.15, 0.2) is 16.6 Å². The van der Waals surface area contributed by atoms with Crippen LogP contribution in [0, 0.1) is 0 Å². The Morgan fingerprint density at radius 1 is 0.526 bits per heavy atom. The molecule has 0 fully saturated rings. The molecule has 0 aliphatic carbocycles. The Kier molecular flexibility index (Phi) is 6.94. The molecule has 0 amide bonds. The molecular weight excluding hydrogens is 304 g/mol. The first kappa shape index (κ1) is 19.7. The third-order valence-corrected chi connectivity index (χ3v) is 18.9. The summed E-state index contributed by atoms with van der Waals surface area (Å²) in [5.41, 5.74) is 0. The minimum atomic E-state index is -2.09. The van der Waals surface area contributed by atoms with E-state index in [0.717, 1.165) is 12.1 Å². The molecule has 0 aromatic rings. The average molecular weight is 339 g/mol. The van der Waals surface area contributed by atoms with E-state index in [4.69, 9.17) is 12.3 Å². The molecule has 0 saturated carbocycles. The van der Waals surface area contributed by atoms with Crippen molar-refractivity contribution in [3.63, 3.8) is 0 Å². The summed E-state index contributed by atoms with van der Waals surface area (Å²) in [5, 5.41) is 0. The van der Waals surface area contributed by atoms with Gasteiger partial charge in [0.1, 0.15) is 0 Å². The van der Waals surface area contributed by atoms with Gasteiger partial charge in [-0.25, -0.2) is 0 Å². The molecule has 0 heterocycles. The Bertz CT molecular complexity index is 263. The topological polar surface area (TPSA) is 27.7 Å². The Labute approximate surface area is 124 Å². The monoisotopic (exact) mass is 338 g/mol. The van der Waals surface area contributed by atoms with E-state index in [1.807, 2.05) is 0 Å². The fourth-order valence-electron chi connectivity index (χ4n) is 2.11. The maximum Gasteiger partial charge on any atom is 0.312 e. The van der Waals surface area contributed by atoms with E-state index in [-0.39, 0.29) is 0 Å². The van der Waals surface area contributed by atoms with E-state index in [2.05, 4.69) is 66.2 Å². The highest BCUT2D eigenvalue weighted by molar-refractivity contribution is 6.89. The summed E-state index contributed by atoms with van der Waals surface area (Å²) in [5.74, 6) is 0. The first-order chi connectivity index (χ1) is 8.24.